The molecule has 0 unspecified atom stereocenters. The van der Waals surface area contributed by atoms with Gasteiger partial charge in [0, 0.05) is 13.2 Å². The third-order valence-electron chi connectivity index (χ3n) is 2.83. The topological polar surface area (TPSA) is 88.1 Å². The van der Waals surface area contributed by atoms with Gasteiger partial charge >= 0.3 is 5.97 Å². The van der Waals surface area contributed by atoms with Gasteiger partial charge in [0.05, 0.1) is 35.0 Å². The average Bonchev–Trinajstić information content (AvgIpc) is 2.82. The van der Waals surface area contributed by atoms with Crippen molar-refractivity contribution in [3.05, 3.63) is 23.8 Å². The quantitative estimate of drug-likeness (QED) is 0.622. The number of carboxylic acid groups (broad SMARTS) is 1. The van der Waals surface area contributed by atoms with Crippen LogP contribution in [0.3, 0.4) is 0 Å². The zero-order chi connectivity index (χ0) is 15.2. The predicted octanol–water partition coefficient (Wildman–Crippen LogP) is 2.12. The molecule has 7 heteroatoms. The highest BCUT2D eigenvalue weighted by molar-refractivity contribution is 7.99. The summed E-state index contributed by atoms with van der Waals surface area (Å²) < 4.78 is 7.26. The lowest BCUT2D eigenvalue weighted by Gasteiger charge is -2.08. The maximum absolute atomic E-state index is 10.7. The molecule has 1 heterocycles. The van der Waals surface area contributed by atoms with E-state index in [0.717, 1.165) is 11.0 Å². The number of carbonyl (C=O) groups is 1. The van der Waals surface area contributed by atoms with Crippen LogP contribution in [-0.2, 0) is 16.1 Å². The molecule has 1 N–H and O–H groups in total. The Kier molecular flexibility index (Phi) is 5.20. The van der Waals surface area contributed by atoms with Crippen LogP contribution in [0.2, 0.25) is 0 Å². The molecule has 2 aromatic rings. The Hall–Kier alpha value is -2.04. The van der Waals surface area contributed by atoms with Gasteiger partial charge in [0.2, 0.25) is 0 Å². The molecule has 2 rings (SSSR count). The first-order valence-electron chi connectivity index (χ1n) is 6.48. The Balaban J connectivity index is 2.37. The van der Waals surface area contributed by atoms with Gasteiger partial charge in [-0.15, -0.1) is 0 Å². The molecular formula is C14H15N3O3S. The van der Waals surface area contributed by atoms with E-state index in [-0.39, 0.29) is 5.75 Å². The average molecular weight is 305 g/mol. The molecule has 21 heavy (non-hydrogen) atoms. The lowest BCUT2D eigenvalue weighted by Crippen LogP contribution is -2.08. The Labute approximate surface area is 126 Å². The molecule has 0 atom stereocenters. The maximum atomic E-state index is 10.7. The van der Waals surface area contributed by atoms with Crippen molar-refractivity contribution in [2.75, 3.05) is 19.0 Å². The second-order valence-electron chi connectivity index (χ2n) is 4.24. The number of nitriles is 1. The lowest BCUT2D eigenvalue weighted by molar-refractivity contribution is -0.133. The highest BCUT2D eigenvalue weighted by Crippen LogP contribution is 2.24. The Bertz CT molecular complexity index is 691. The van der Waals surface area contributed by atoms with E-state index in [1.54, 1.807) is 18.2 Å². The molecule has 6 nitrogen and oxygen atoms in total. The Morgan fingerprint density at radius 3 is 3.05 bits per heavy atom. The van der Waals surface area contributed by atoms with Gasteiger partial charge in [-0.25, -0.2) is 4.98 Å². The molecule has 110 valence electrons. The van der Waals surface area contributed by atoms with Crippen LogP contribution in [0.15, 0.2) is 23.4 Å². The van der Waals surface area contributed by atoms with Crippen LogP contribution in [0.1, 0.15) is 12.5 Å². The third-order valence-corrected chi connectivity index (χ3v) is 3.79. The predicted molar refractivity (Wildman–Crippen MR) is 79.3 cm³/mol. The van der Waals surface area contributed by atoms with Crippen molar-refractivity contribution in [1.29, 1.82) is 5.26 Å². The Morgan fingerprint density at radius 1 is 1.57 bits per heavy atom. The molecule has 0 bridgehead atoms. The second kappa shape index (κ2) is 7.11. The zero-order valence-corrected chi connectivity index (χ0v) is 12.4. The number of aromatic nitrogens is 2. The molecule has 0 amide bonds. The molecule has 0 spiro atoms. The van der Waals surface area contributed by atoms with Crippen molar-refractivity contribution in [2.24, 2.45) is 0 Å². The van der Waals surface area contributed by atoms with Crippen LogP contribution >= 0.6 is 11.8 Å². The van der Waals surface area contributed by atoms with E-state index >= 15 is 0 Å². The fraction of sp³-hybridized carbons (Fsp3) is 0.357. The van der Waals surface area contributed by atoms with E-state index in [0.29, 0.717) is 30.5 Å². The lowest BCUT2D eigenvalue weighted by atomic mass is 10.2. The number of carboxylic acids is 1. The first-order chi connectivity index (χ1) is 10.2. The normalized spacial score (nSPS) is 10.7. The number of nitrogens with zero attached hydrogens (tertiary/aromatic N) is 3. The summed E-state index contributed by atoms with van der Waals surface area (Å²) in [6.45, 7) is 3.62. The molecule has 1 aromatic carbocycles. The van der Waals surface area contributed by atoms with Gasteiger partial charge in [-0.3, -0.25) is 4.79 Å². The van der Waals surface area contributed by atoms with Gasteiger partial charge in [0.1, 0.15) is 0 Å². The second-order valence-corrected chi connectivity index (χ2v) is 5.18. The first-order valence-corrected chi connectivity index (χ1v) is 7.47. The van der Waals surface area contributed by atoms with E-state index in [4.69, 9.17) is 15.1 Å². The number of thioether (sulfide) groups is 1. The Morgan fingerprint density at radius 2 is 2.38 bits per heavy atom. The summed E-state index contributed by atoms with van der Waals surface area (Å²) >= 11 is 1.17. The van der Waals surface area contributed by atoms with Crippen molar-refractivity contribution in [3.63, 3.8) is 0 Å². The number of fused-ring (bicyclic) bond motifs is 1. The van der Waals surface area contributed by atoms with Crippen molar-refractivity contribution < 1.29 is 14.6 Å². The van der Waals surface area contributed by atoms with Crippen LogP contribution in [-0.4, -0.2) is 39.6 Å². The molecular weight excluding hydrogens is 290 g/mol. The van der Waals surface area contributed by atoms with Crippen LogP contribution in [0.5, 0.6) is 0 Å². The molecule has 0 aliphatic carbocycles. The monoisotopic (exact) mass is 305 g/mol. The fourth-order valence-electron chi connectivity index (χ4n) is 1.92. The molecule has 0 aliphatic heterocycles. The van der Waals surface area contributed by atoms with Gasteiger partial charge in [0.15, 0.2) is 5.16 Å². The van der Waals surface area contributed by atoms with Crippen molar-refractivity contribution >= 4 is 28.8 Å². The van der Waals surface area contributed by atoms with E-state index in [9.17, 15) is 4.79 Å². The summed E-state index contributed by atoms with van der Waals surface area (Å²) in [6.07, 6.45) is 0. The minimum absolute atomic E-state index is 0.0525. The van der Waals surface area contributed by atoms with Gasteiger partial charge in [-0.1, -0.05) is 11.8 Å². The van der Waals surface area contributed by atoms with E-state index in [1.165, 1.54) is 11.8 Å². The van der Waals surface area contributed by atoms with E-state index in [1.807, 2.05) is 11.5 Å². The first kappa shape index (κ1) is 15.4. The van der Waals surface area contributed by atoms with Gasteiger partial charge < -0.3 is 14.4 Å². The zero-order valence-electron chi connectivity index (χ0n) is 11.6. The standard InChI is InChI=1S/C14H15N3O3S/c1-2-20-6-5-17-12-7-10(8-15)3-4-11(12)16-14(17)21-9-13(18)19/h3-4,7H,2,5-6,9H2,1H3,(H,18,19). The van der Waals surface area contributed by atoms with Crippen molar-refractivity contribution in [3.8, 4) is 6.07 Å². The number of hydrogen-bond donors (Lipinski definition) is 1. The van der Waals surface area contributed by atoms with Gasteiger partial charge in [-0.2, -0.15) is 5.26 Å². The number of hydrogen-bond acceptors (Lipinski definition) is 5. The summed E-state index contributed by atoms with van der Waals surface area (Å²) in [7, 11) is 0. The molecule has 1 aromatic heterocycles. The molecule has 0 radical (unpaired) electrons. The van der Waals surface area contributed by atoms with Crippen molar-refractivity contribution in [2.45, 2.75) is 18.6 Å². The molecule has 0 saturated carbocycles. The minimum atomic E-state index is -0.888. The summed E-state index contributed by atoms with van der Waals surface area (Å²) in [6, 6.07) is 7.34. The highest BCUT2D eigenvalue weighted by atomic mass is 32.2. The van der Waals surface area contributed by atoms with Gasteiger partial charge in [0.25, 0.3) is 0 Å². The summed E-state index contributed by atoms with van der Waals surface area (Å²) in [5.41, 5.74) is 2.12. The SMILES string of the molecule is CCOCCn1c(SCC(=O)O)nc2ccc(C#N)cc21. The van der Waals surface area contributed by atoms with Crippen LogP contribution in [0, 0.1) is 11.3 Å². The van der Waals surface area contributed by atoms with E-state index in [2.05, 4.69) is 11.1 Å². The number of ether oxygens (including phenoxy) is 1. The minimum Gasteiger partial charge on any atom is -0.481 e. The third kappa shape index (κ3) is 3.74. The van der Waals surface area contributed by atoms with Crippen LogP contribution < -0.4 is 0 Å². The van der Waals surface area contributed by atoms with Crippen molar-refractivity contribution in [1.82, 2.24) is 9.55 Å². The molecule has 0 aliphatic rings. The van der Waals surface area contributed by atoms with E-state index < -0.39 is 5.97 Å². The summed E-state index contributed by atoms with van der Waals surface area (Å²) in [5, 5.41) is 18.4. The highest BCUT2D eigenvalue weighted by Gasteiger charge is 2.13. The van der Waals surface area contributed by atoms with Gasteiger partial charge in [-0.05, 0) is 25.1 Å². The molecule has 0 saturated heterocycles. The maximum Gasteiger partial charge on any atom is 0.313 e. The van der Waals surface area contributed by atoms with Crippen LogP contribution in [0.4, 0.5) is 0 Å². The number of imidazole rings is 1. The fourth-order valence-corrected chi connectivity index (χ4v) is 2.68. The number of benzene rings is 1. The number of aliphatic carboxylic acids is 1. The smallest absolute Gasteiger partial charge is 0.313 e. The van der Waals surface area contributed by atoms with Crippen LogP contribution in [0.25, 0.3) is 11.0 Å². The summed E-state index contributed by atoms with van der Waals surface area (Å²) in [4.78, 5) is 15.2. The number of rotatable bonds is 7. The largest absolute Gasteiger partial charge is 0.481 e. The summed E-state index contributed by atoms with van der Waals surface area (Å²) in [5.74, 6) is -0.940. The molecule has 0 fully saturated rings.